The fourth-order valence-corrected chi connectivity index (χ4v) is 2.56. The summed E-state index contributed by atoms with van der Waals surface area (Å²) in [5, 5.41) is 5.73. The molecule has 0 aliphatic heterocycles. The number of amides is 2. The van der Waals surface area contributed by atoms with Crippen molar-refractivity contribution in [1.82, 2.24) is 0 Å². The topological polar surface area (TPSA) is 76.7 Å². The molecule has 0 saturated heterocycles. The smallest absolute Gasteiger partial charge is 0.233 e. The zero-order valence-electron chi connectivity index (χ0n) is 13.6. The summed E-state index contributed by atoms with van der Waals surface area (Å²) in [5.74, 6) is -0.0277. The first kappa shape index (κ1) is 18.9. The molecule has 132 valence electrons. The van der Waals surface area contributed by atoms with Gasteiger partial charge in [0.25, 0.3) is 0 Å². The minimum atomic E-state index is -0.534. The third-order valence-electron chi connectivity index (χ3n) is 3.22. The van der Waals surface area contributed by atoms with E-state index in [4.69, 9.17) is 32.7 Å². The highest BCUT2D eigenvalue weighted by molar-refractivity contribution is 6.39. The van der Waals surface area contributed by atoms with E-state index in [1.54, 1.807) is 36.4 Å². The van der Waals surface area contributed by atoms with Crippen LogP contribution in [-0.2, 0) is 9.59 Å². The Morgan fingerprint density at radius 2 is 1.52 bits per heavy atom. The average molecular weight is 383 g/mol. The number of halogens is 2. The van der Waals surface area contributed by atoms with E-state index in [1.165, 1.54) is 14.2 Å². The molecule has 0 aromatic heterocycles. The van der Waals surface area contributed by atoms with Gasteiger partial charge in [-0.1, -0.05) is 29.3 Å². The molecule has 0 atom stereocenters. The number of para-hydroxylation sites is 1. The highest BCUT2D eigenvalue weighted by atomic mass is 35.5. The van der Waals surface area contributed by atoms with Crippen LogP contribution in [0, 0.1) is 0 Å². The molecule has 2 aromatic carbocycles. The monoisotopic (exact) mass is 382 g/mol. The Kier molecular flexibility index (Phi) is 6.50. The third-order valence-corrected chi connectivity index (χ3v) is 3.85. The van der Waals surface area contributed by atoms with Crippen molar-refractivity contribution in [2.45, 2.75) is 6.42 Å². The van der Waals surface area contributed by atoms with Crippen LogP contribution in [0.1, 0.15) is 6.42 Å². The second kappa shape index (κ2) is 8.60. The third kappa shape index (κ3) is 5.01. The summed E-state index contributed by atoms with van der Waals surface area (Å²) in [5.41, 5.74) is 0.751. The van der Waals surface area contributed by atoms with Crippen LogP contribution < -0.4 is 20.1 Å². The number of rotatable bonds is 6. The molecular weight excluding hydrogens is 367 g/mol. The van der Waals surface area contributed by atoms with E-state index in [0.29, 0.717) is 27.2 Å². The van der Waals surface area contributed by atoms with E-state index in [-0.39, 0.29) is 5.69 Å². The van der Waals surface area contributed by atoms with E-state index in [0.717, 1.165) is 0 Å². The van der Waals surface area contributed by atoms with Gasteiger partial charge in [-0.05, 0) is 24.3 Å². The lowest BCUT2D eigenvalue weighted by atomic mass is 10.2. The Bertz CT molecular complexity index is 776. The van der Waals surface area contributed by atoms with Crippen molar-refractivity contribution >= 4 is 46.4 Å². The van der Waals surface area contributed by atoms with Crippen molar-refractivity contribution in [2.24, 2.45) is 0 Å². The van der Waals surface area contributed by atoms with Crippen molar-refractivity contribution in [3.05, 3.63) is 46.4 Å². The van der Waals surface area contributed by atoms with Gasteiger partial charge in [-0.15, -0.1) is 0 Å². The van der Waals surface area contributed by atoms with E-state index >= 15 is 0 Å². The molecule has 6 nitrogen and oxygen atoms in total. The highest BCUT2D eigenvalue weighted by Gasteiger charge is 2.14. The molecule has 0 radical (unpaired) electrons. The number of carbonyl (C=O) groups is 2. The molecular formula is C17H16Cl2N2O4. The summed E-state index contributed by atoms with van der Waals surface area (Å²) in [6, 6.07) is 9.73. The molecule has 0 saturated carbocycles. The molecule has 25 heavy (non-hydrogen) atoms. The van der Waals surface area contributed by atoms with Gasteiger partial charge in [0, 0.05) is 11.8 Å². The molecule has 0 aliphatic carbocycles. The predicted molar refractivity (Wildman–Crippen MR) is 97.9 cm³/mol. The first-order chi connectivity index (χ1) is 11.9. The predicted octanol–water partition coefficient (Wildman–Crippen LogP) is 3.98. The Balaban J connectivity index is 1.99. The van der Waals surface area contributed by atoms with Crippen LogP contribution in [0.5, 0.6) is 11.5 Å². The molecule has 0 fully saturated rings. The number of hydrogen-bond acceptors (Lipinski definition) is 4. The van der Waals surface area contributed by atoms with Crippen LogP contribution in [0.25, 0.3) is 0 Å². The van der Waals surface area contributed by atoms with Gasteiger partial charge < -0.3 is 20.1 Å². The maximum atomic E-state index is 12.0. The van der Waals surface area contributed by atoms with Gasteiger partial charge in [-0.3, -0.25) is 9.59 Å². The lowest BCUT2D eigenvalue weighted by Crippen LogP contribution is -2.21. The van der Waals surface area contributed by atoms with Crippen molar-refractivity contribution < 1.29 is 19.1 Å². The van der Waals surface area contributed by atoms with Crippen LogP contribution in [-0.4, -0.2) is 26.0 Å². The molecule has 0 unspecified atom stereocenters. The van der Waals surface area contributed by atoms with Crippen LogP contribution in [0.2, 0.25) is 10.0 Å². The van der Waals surface area contributed by atoms with Gasteiger partial charge in [-0.25, -0.2) is 0 Å². The normalized spacial score (nSPS) is 10.1. The molecule has 2 rings (SSSR count). The van der Waals surface area contributed by atoms with Gasteiger partial charge in [0.15, 0.2) is 11.5 Å². The Morgan fingerprint density at radius 1 is 0.920 bits per heavy atom. The van der Waals surface area contributed by atoms with Crippen LogP contribution in [0.15, 0.2) is 36.4 Å². The molecule has 0 heterocycles. The maximum Gasteiger partial charge on any atom is 0.233 e. The molecule has 0 bridgehead atoms. The van der Waals surface area contributed by atoms with E-state index < -0.39 is 18.2 Å². The highest BCUT2D eigenvalue weighted by Crippen LogP contribution is 2.31. The van der Waals surface area contributed by atoms with Gasteiger partial charge >= 0.3 is 0 Å². The van der Waals surface area contributed by atoms with Crippen molar-refractivity contribution in [2.75, 3.05) is 24.9 Å². The minimum Gasteiger partial charge on any atom is -0.493 e. The van der Waals surface area contributed by atoms with Crippen molar-refractivity contribution in [3.63, 3.8) is 0 Å². The lowest BCUT2D eigenvalue weighted by Gasteiger charge is -2.11. The Morgan fingerprint density at radius 3 is 2.12 bits per heavy atom. The van der Waals surface area contributed by atoms with Crippen molar-refractivity contribution in [3.8, 4) is 11.5 Å². The quantitative estimate of drug-likeness (QED) is 0.740. The van der Waals surface area contributed by atoms with Crippen LogP contribution in [0.3, 0.4) is 0 Å². The first-order valence-corrected chi connectivity index (χ1v) is 7.96. The summed E-state index contributed by atoms with van der Waals surface area (Å²) in [7, 11) is 3.00. The van der Waals surface area contributed by atoms with Crippen molar-refractivity contribution in [1.29, 1.82) is 0 Å². The summed E-state index contributed by atoms with van der Waals surface area (Å²) in [4.78, 5) is 24.0. The molecule has 2 amide bonds. The molecule has 0 spiro atoms. The zero-order chi connectivity index (χ0) is 18.4. The SMILES string of the molecule is COc1ccc(NC(=O)CC(=O)Nc2c(Cl)cccc2Cl)cc1OC. The average Bonchev–Trinajstić information content (AvgIpc) is 2.58. The van der Waals surface area contributed by atoms with E-state index in [1.807, 2.05) is 0 Å². The number of carbonyl (C=O) groups excluding carboxylic acids is 2. The second-order valence-electron chi connectivity index (χ2n) is 4.94. The summed E-state index contributed by atoms with van der Waals surface area (Å²) >= 11 is 12.0. The summed E-state index contributed by atoms with van der Waals surface area (Å²) in [6.07, 6.45) is -0.393. The Hall–Kier alpha value is -2.44. The zero-order valence-corrected chi connectivity index (χ0v) is 15.1. The van der Waals surface area contributed by atoms with Gasteiger partial charge in [-0.2, -0.15) is 0 Å². The number of methoxy groups -OCH3 is 2. The van der Waals surface area contributed by atoms with Crippen LogP contribution in [0.4, 0.5) is 11.4 Å². The minimum absolute atomic E-state index is 0.273. The summed E-state index contributed by atoms with van der Waals surface area (Å²) in [6.45, 7) is 0. The van der Waals surface area contributed by atoms with Gasteiger partial charge in [0.05, 0.1) is 30.0 Å². The molecule has 2 N–H and O–H groups in total. The maximum absolute atomic E-state index is 12.0. The number of hydrogen-bond donors (Lipinski definition) is 2. The molecule has 0 aliphatic rings. The fraction of sp³-hybridized carbons (Fsp3) is 0.176. The summed E-state index contributed by atoms with van der Waals surface area (Å²) < 4.78 is 10.3. The number of benzene rings is 2. The number of anilines is 2. The number of nitrogens with one attached hydrogen (secondary N) is 2. The molecule has 2 aromatic rings. The lowest BCUT2D eigenvalue weighted by molar-refractivity contribution is -0.123. The molecule has 8 heteroatoms. The first-order valence-electron chi connectivity index (χ1n) is 7.20. The van der Waals surface area contributed by atoms with Crippen LogP contribution >= 0.6 is 23.2 Å². The van der Waals surface area contributed by atoms with E-state index in [2.05, 4.69) is 10.6 Å². The standard InChI is InChI=1S/C17H16Cl2N2O4/c1-24-13-7-6-10(8-14(13)25-2)20-15(22)9-16(23)21-17-11(18)4-3-5-12(17)19/h3-8H,9H2,1-2H3,(H,20,22)(H,21,23). The largest absolute Gasteiger partial charge is 0.493 e. The second-order valence-corrected chi connectivity index (χ2v) is 5.75. The van der Waals surface area contributed by atoms with Gasteiger partial charge in [0.1, 0.15) is 6.42 Å². The fourth-order valence-electron chi connectivity index (χ4n) is 2.07. The Labute approximate surface area is 155 Å². The number of ether oxygens (including phenoxy) is 2. The van der Waals surface area contributed by atoms with Gasteiger partial charge in [0.2, 0.25) is 11.8 Å². The van der Waals surface area contributed by atoms with E-state index in [9.17, 15) is 9.59 Å².